The van der Waals surface area contributed by atoms with Crippen LogP contribution in [0.15, 0.2) is 64.6 Å². The van der Waals surface area contributed by atoms with Crippen LogP contribution < -0.4 is 0 Å². The Kier molecular flexibility index (Phi) is 12.0. The number of hydrogen-bond acceptors (Lipinski definition) is 2. The van der Waals surface area contributed by atoms with Crippen LogP contribution in [0.3, 0.4) is 0 Å². The first-order chi connectivity index (χ1) is 18.5. The number of hydrogen-bond donors (Lipinski definition) is 0. The smallest absolute Gasteiger partial charge is 0.0642 e. The maximum Gasteiger partial charge on any atom is 0.0642 e. The molecule has 3 rings (SSSR count). The molecule has 0 aliphatic heterocycles. The van der Waals surface area contributed by atoms with Gasteiger partial charge in [-0.25, -0.2) is 0 Å². The molecule has 2 nitrogen and oxygen atoms in total. The summed E-state index contributed by atoms with van der Waals surface area (Å²) in [6, 6.07) is 20.0. The molecule has 0 fully saturated rings. The van der Waals surface area contributed by atoms with Crippen LogP contribution in [0.5, 0.6) is 0 Å². The maximum atomic E-state index is 5.05. The summed E-state index contributed by atoms with van der Waals surface area (Å²) < 4.78 is 0. The van der Waals surface area contributed by atoms with Crippen molar-refractivity contribution in [2.45, 2.75) is 106 Å². The highest BCUT2D eigenvalue weighted by atomic mass is 14.8. The minimum absolute atomic E-state index is 0.931. The van der Waals surface area contributed by atoms with Crippen LogP contribution in [0, 0.1) is 6.92 Å². The van der Waals surface area contributed by atoms with Crippen LogP contribution in [-0.2, 0) is 25.7 Å². The molecular formula is C36H48N2. The molecule has 38 heavy (non-hydrogen) atoms. The van der Waals surface area contributed by atoms with E-state index >= 15 is 0 Å². The first kappa shape index (κ1) is 29.6. The van der Waals surface area contributed by atoms with Gasteiger partial charge in [-0.3, -0.25) is 9.98 Å². The van der Waals surface area contributed by atoms with Crippen molar-refractivity contribution in [3.05, 3.63) is 82.4 Å². The highest BCUT2D eigenvalue weighted by molar-refractivity contribution is 6.30. The van der Waals surface area contributed by atoms with Crippen molar-refractivity contribution in [1.29, 1.82) is 0 Å². The molecule has 0 aliphatic carbocycles. The Balaban J connectivity index is 1.99. The molecule has 0 bridgehead atoms. The Morgan fingerprint density at radius 2 is 1.32 bits per heavy atom. The Morgan fingerprint density at radius 3 is 1.97 bits per heavy atom. The van der Waals surface area contributed by atoms with Gasteiger partial charge in [0.2, 0.25) is 0 Å². The van der Waals surface area contributed by atoms with Crippen LogP contribution in [0.1, 0.15) is 101 Å². The second-order valence-electron chi connectivity index (χ2n) is 10.6. The first-order valence-electron chi connectivity index (χ1n) is 14.9. The molecule has 2 heteroatoms. The van der Waals surface area contributed by atoms with Gasteiger partial charge in [0, 0.05) is 6.21 Å². The Hall–Kier alpha value is -3.00. The van der Waals surface area contributed by atoms with Crippen LogP contribution >= 0.6 is 0 Å². The van der Waals surface area contributed by atoms with E-state index in [0.717, 1.165) is 42.8 Å². The third-order valence-electron chi connectivity index (χ3n) is 7.49. The van der Waals surface area contributed by atoms with Gasteiger partial charge < -0.3 is 0 Å². The number of benzene rings is 3. The van der Waals surface area contributed by atoms with Gasteiger partial charge in [-0.2, -0.15) is 0 Å². The van der Waals surface area contributed by atoms with Crippen molar-refractivity contribution < 1.29 is 0 Å². The monoisotopic (exact) mass is 508 g/mol. The van der Waals surface area contributed by atoms with Crippen LogP contribution in [0.2, 0.25) is 0 Å². The molecule has 0 heterocycles. The number of unbranched alkanes of at least 4 members (excludes halogenated alkanes) is 3. The number of rotatable bonds is 14. The van der Waals surface area contributed by atoms with Crippen molar-refractivity contribution in [1.82, 2.24) is 0 Å². The molecule has 202 valence electrons. The van der Waals surface area contributed by atoms with E-state index in [1.807, 2.05) is 6.21 Å². The molecule has 0 saturated carbocycles. The molecule has 0 aliphatic rings. The highest BCUT2D eigenvalue weighted by Gasteiger charge is 2.13. The fourth-order valence-corrected chi connectivity index (χ4v) is 5.18. The zero-order valence-corrected chi connectivity index (χ0v) is 24.7. The van der Waals surface area contributed by atoms with E-state index < -0.39 is 0 Å². The predicted octanol–water partition coefficient (Wildman–Crippen LogP) is 10.7. The Labute approximate surface area is 232 Å². The van der Waals surface area contributed by atoms with Gasteiger partial charge in [0.25, 0.3) is 0 Å². The molecule has 0 N–H and O–H groups in total. The molecular weight excluding hydrogens is 460 g/mol. The Morgan fingerprint density at radius 1 is 0.711 bits per heavy atom. The molecule has 0 spiro atoms. The van der Waals surface area contributed by atoms with Gasteiger partial charge in [-0.05, 0) is 122 Å². The molecule has 0 unspecified atom stereocenters. The summed E-state index contributed by atoms with van der Waals surface area (Å²) in [5.74, 6) is 0. The van der Waals surface area contributed by atoms with Gasteiger partial charge in [-0.15, -0.1) is 0 Å². The summed E-state index contributed by atoms with van der Waals surface area (Å²) in [4.78, 5) is 9.93. The largest absolute Gasteiger partial charge is 0.255 e. The van der Waals surface area contributed by atoms with Crippen LogP contribution in [0.4, 0.5) is 11.4 Å². The molecule has 3 aromatic rings. The summed E-state index contributed by atoms with van der Waals surface area (Å²) in [5.41, 5.74) is 12.8. The van der Waals surface area contributed by atoms with Crippen molar-refractivity contribution in [2.75, 3.05) is 0 Å². The standard InChI is InChI=1S/C36H48N2/c1-7-11-17-31-23-33(22-29(10-4)28(31)6)37-26-27(5)38-34-24-32(18-12-8-2)35(21-13-9-3)36(25-34)30-19-15-14-16-20-30/h14-16,19-20,22-26H,7-13,17-18,21H2,1-6H3. The summed E-state index contributed by atoms with van der Waals surface area (Å²) in [6.45, 7) is 13.4. The average Bonchev–Trinajstić information content (AvgIpc) is 2.94. The topological polar surface area (TPSA) is 24.7 Å². The van der Waals surface area contributed by atoms with Gasteiger partial charge in [0.05, 0.1) is 17.1 Å². The molecule has 3 aromatic carbocycles. The van der Waals surface area contributed by atoms with Gasteiger partial charge >= 0.3 is 0 Å². The van der Waals surface area contributed by atoms with Crippen LogP contribution in [-0.4, -0.2) is 11.9 Å². The number of aryl methyl sites for hydroxylation is 3. The molecule has 0 amide bonds. The van der Waals surface area contributed by atoms with Crippen LogP contribution in [0.25, 0.3) is 11.1 Å². The van der Waals surface area contributed by atoms with Gasteiger partial charge in [-0.1, -0.05) is 77.3 Å². The third-order valence-corrected chi connectivity index (χ3v) is 7.49. The number of nitrogens with zero attached hydrogens (tertiary/aromatic N) is 2. The van der Waals surface area contributed by atoms with Crippen molar-refractivity contribution >= 4 is 23.3 Å². The van der Waals surface area contributed by atoms with Crippen molar-refractivity contribution in [2.24, 2.45) is 9.98 Å². The second-order valence-corrected chi connectivity index (χ2v) is 10.6. The minimum atomic E-state index is 0.931. The predicted molar refractivity (Wildman–Crippen MR) is 169 cm³/mol. The van der Waals surface area contributed by atoms with Gasteiger partial charge in [0.15, 0.2) is 0 Å². The van der Waals surface area contributed by atoms with Crippen molar-refractivity contribution in [3.8, 4) is 11.1 Å². The van der Waals surface area contributed by atoms with E-state index in [9.17, 15) is 0 Å². The highest BCUT2D eigenvalue weighted by Crippen LogP contribution is 2.34. The molecule has 0 atom stereocenters. The molecule has 0 radical (unpaired) electrons. The summed E-state index contributed by atoms with van der Waals surface area (Å²) in [5, 5.41) is 0. The Bertz CT molecular complexity index is 1220. The maximum absolute atomic E-state index is 5.05. The normalized spacial score (nSPS) is 12.0. The lowest BCUT2D eigenvalue weighted by Gasteiger charge is -2.17. The minimum Gasteiger partial charge on any atom is -0.255 e. The van der Waals surface area contributed by atoms with E-state index in [1.54, 1.807) is 0 Å². The summed E-state index contributed by atoms with van der Waals surface area (Å²) in [7, 11) is 0. The van der Waals surface area contributed by atoms with E-state index in [1.165, 1.54) is 77.5 Å². The lowest BCUT2D eigenvalue weighted by Crippen LogP contribution is -2.00. The zero-order chi connectivity index (χ0) is 27.3. The fraction of sp³-hybridized carbons (Fsp3) is 0.444. The lowest BCUT2D eigenvalue weighted by atomic mass is 9.89. The third kappa shape index (κ3) is 8.25. The second kappa shape index (κ2) is 15.4. The van der Waals surface area contributed by atoms with E-state index in [-0.39, 0.29) is 0 Å². The quantitative estimate of drug-likeness (QED) is 0.193. The molecule has 0 aromatic heterocycles. The summed E-state index contributed by atoms with van der Waals surface area (Å²) in [6.07, 6.45) is 13.6. The van der Waals surface area contributed by atoms with Crippen molar-refractivity contribution in [3.63, 3.8) is 0 Å². The number of aliphatic imine (C=N–C) groups is 2. The lowest BCUT2D eigenvalue weighted by molar-refractivity contribution is 0.759. The van der Waals surface area contributed by atoms with E-state index in [2.05, 4.69) is 96.1 Å². The average molecular weight is 509 g/mol. The summed E-state index contributed by atoms with van der Waals surface area (Å²) >= 11 is 0. The first-order valence-corrected chi connectivity index (χ1v) is 14.9. The van der Waals surface area contributed by atoms with Gasteiger partial charge in [0.1, 0.15) is 0 Å². The SMILES string of the molecule is CCCCc1cc(N=CC(C)=Nc2cc(CCCC)c(CCCC)c(-c3ccccc3)c2)cc(CC)c1C. The zero-order valence-electron chi connectivity index (χ0n) is 24.7. The van der Waals surface area contributed by atoms with E-state index in [4.69, 9.17) is 9.98 Å². The molecule has 0 saturated heterocycles. The van der Waals surface area contributed by atoms with E-state index in [0.29, 0.717) is 0 Å². The fourth-order valence-electron chi connectivity index (χ4n) is 5.18.